The highest BCUT2D eigenvalue weighted by molar-refractivity contribution is 5.89. The Balaban J connectivity index is 1.95. The van der Waals surface area contributed by atoms with E-state index in [-0.39, 0.29) is 18.5 Å². The summed E-state index contributed by atoms with van der Waals surface area (Å²) in [5.41, 5.74) is 2.52. The Morgan fingerprint density at radius 1 is 1.04 bits per heavy atom. The highest BCUT2D eigenvalue weighted by Gasteiger charge is 2.15. The molecule has 0 saturated heterocycles. The van der Waals surface area contributed by atoms with Gasteiger partial charge in [-0.3, -0.25) is 4.79 Å². The van der Waals surface area contributed by atoms with E-state index in [9.17, 15) is 9.59 Å². The first-order valence-corrected chi connectivity index (χ1v) is 8.36. The maximum atomic E-state index is 12.2. The maximum Gasteiger partial charge on any atom is 0.319 e. The summed E-state index contributed by atoms with van der Waals surface area (Å²) in [5, 5.41) is 23.2. The van der Waals surface area contributed by atoms with Crippen molar-refractivity contribution >= 4 is 17.7 Å². The van der Waals surface area contributed by atoms with Crippen molar-refractivity contribution in [3.8, 4) is 6.07 Å². The Hall–Kier alpha value is -3.33. The molecule has 6 heteroatoms. The maximum absolute atomic E-state index is 12.2. The minimum absolute atomic E-state index is 0.0133. The van der Waals surface area contributed by atoms with Gasteiger partial charge in [-0.25, -0.2) is 4.79 Å². The van der Waals surface area contributed by atoms with Crippen molar-refractivity contribution in [2.75, 3.05) is 5.32 Å². The Morgan fingerprint density at radius 2 is 1.73 bits per heavy atom. The van der Waals surface area contributed by atoms with Crippen LogP contribution in [0.15, 0.2) is 54.6 Å². The summed E-state index contributed by atoms with van der Waals surface area (Å²) in [6.45, 7) is 0. The molecule has 0 aromatic heterocycles. The standard InChI is InChI=1S/C20H21N3O3/c21-13-12-15-6-8-17(9-7-15)22-20(26)23-18(10-11-19(24)25)14-16-4-2-1-3-5-16/h1-9,18H,10-12,14H2,(H,24,25)(H2,22,23,26). The second kappa shape index (κ2) is 9.84. The molecule has 2 aromatic carbocycles. The molecule has 0 radical (unpaired) electrons. The molecule has 3 N–H and O–H groups in total. The third kappa shape index (κ3) is 6.65. The monoisotopic (exact) mass is 351 g/mol. The fourth-order valence-electron chi connectivity index (χ4n) is 2.57. The highest BCUT2D eigenvalue weighted by atomic mass is 16.4. The van der Waals surface area contributed by atoms with E-state index in [2.05, 4.69) is 16.7 Å². The number of carbonyl (C=O) groups is 2. The molecule has 2 rings (SSSR count). The van der Waals surface area contributed by atoms with Crippen LogP contribution in [0.2, 0.25) is 0 Å². The van der Waals surface area contributed by atoms with Crippen molar-refractivity contribution in [1.29, 1.82) is 5.26 Å². The van der Waals surface area contributed by atoms with E-state index in [0.717, 1.165) is 11.1 Å². The third-order valence-corrected chi connectivity index (χ3v) is 3.86. The van der Waals surface area contributed by atoms with Gasteiger partial charge in [-0.1, -0.05) is 42.5 Å². The average Bonchev–Trinajstić information content (AvgIpc) is 2.62. The van der Waals surface area contributed by atoms with Gasteiger partial charge in [0.2, 0.25) is 0 Å². The van der Waals surface area contributed by atoms with Gasteiger partial charge >= 0.3 is 12.0 Å². The summed E-state index contributed by atoms with van der Waals surface area (Å²) in [7, 11) is 0. The van der Waals surface area contributed by atoms with Gasteiger partial charge in [0.1, 0.15) is 0 Å². The van der Waals surface area contributed by atoms with Crippen molar-refractivity contribution in [1.82, 2.24) is 5.32 Å². The van der Waals surface area contributed by atoms with Crippen LogP contribution in [0.25, 0.3) is 0 Å². The van der Waals surface area contributed by atoms with Gasteiger partial charge < -0.3 is 15.7 Å². The molecule has 0 aliphatic rings. The lowest BCUT2D eigenvalue weighted by Gasteiger charge is -2.19. The summed E-state index contributed by atoms with van der Waals surface area (Å²) in [6.07, 6.45) is 1.21. The van der Waals surface area contributed by atoms with Gasteiger partial charge in [0.15, 0.2) is 0 Å². The predicted molar refractivity (Wildman–Crippen MR) is 98.7 cm³/mol. The number of anilines is 1. The number of nitrogens with zero attached hydrogens (tertiary/aromatic N) is 1. The van der Waals surface area contributed by atoms with Crippen LogP contribution in [0.4, 0.5) is 10.5 Å². The van der Waals surface area contributed by atoms with E-state index in [0.29, 0.717) is 24.9 Å². The highest BCUT2D eigenvalue weighted by Crippen LogP contribution is 2.11. The Kier molecular flexibility index (Phi) is 7.19. The zero-order valence-electron chi connectivity index (χ0n) is 14.3. The first-order chi connectivity index (χ1) is 12.6. The number of carboxylic acid groups (broad SMARTS) is 1. The van der Waals surface area contributed by atoms with E-state index >= 15 is 0 Å². The van der Waals surface area contributed by atoms with Crippen molar-refractivity contribution in [3.63, 3.8) is 0 Å². The van der Waals surface area contributed by atoms with E-state index < -0.39 is 5.97 Å². The Morgan fingerprint density at radius 3 is 2.35 bits per heavy atom. The fraction of sp³-hybridized carbons (Fsp3) is 0.250. The minimum atomic E-state index is -0.890. The zero-order valence-corrected chi connectivity index (χ0v) is 14.3. The fourth-order valence-corrected chi connectivity index (χ4v) is 2.57. The van der Waals surface area contributed by atoms with E-state index in [1.54, 1.807) is 24.3 Å². The van der Waals surface area contributed by atoms with Crippen LogP contribution in [0.5, 0.6) is 0 Å². The molecule has 134 valence electrons. The molecule has 0 spiro atoms. The normalized spacial score (nSPS) is 11.2. The van der Waals surface area contributed by atoms with Crippen LogP contribution in [-0.4, -0.2) is 23.1 Å². The molecule has 2 aromatic rings. The van der Waals surface area contributed by atoms with Gasteiger partial charge in [-0.2, -0.15) is 5.26 Å². The van der Waals surface area contributed by atoms with Crippen molar-refractivity contribution < 1.29 is 14.7 Å². The second-order valence-electron chi connectivity index (χ2n) is 5.95. The first-order valence-electron chi connectivity index (χ1n) is 8.36. The molecule has 1 atom stereocenters. The molecule has 26 heavy (non-hydrogen) atoms. The number of hydrogen-bond donors (Lipinski definition) is 3. The number of carboxylic acids is 1. The molecule has 0 bridgehead atoms. The molecule has 1 unspecified atom stereocenters. The molecule has 2 amide bonds. The number of aliphatic carboxylic acids is 1. The van der Waals surface area contributed by atoms with Crippen LogP contribution in [0.3, 0.4) is 0 Å². The third-order valence-electron chi connectivity index (χ3n) is 3.86. The number of urea groups is 1. The SMILES string of the molecule is N#CCc1ccc(NC(=O)NC(CCC(=O)O)Cc2ccccc2)cc1. The van der Waals surface area contributed by atoms with Gasteiger partial charge in [-0.15, -0.1) is 0 Å². The van der Waals surface area contributed by atoms with Gasteiger partial charge in [0.05, 0.1) is 12.5 Å². The van der Waals surface area contributed by atoms with Crippen LogP contribution < -0.4 is 10.6 Å². The molecule has 0 heterocycles. The summed E-state index contributed by atoms with van der Waals surface area (Å²) in [6, 6.07) is 18.0. The summed E-state index contributed by atoms with van der Waals surface area (Å²) < 4.78 is 0. The lowest BCUT2D eigenvalue weighted by Crippen LogP contribution is -2.39. The lowest BCUT2D eigenvalue weighted by molar-refractivity contribution is -0.137. The smallest absolute Gasteiger partial charge is 0.319 e. The number of carbonyl (C=O) groups excluding carboxylic acids is 1. The average molecular weight is 351 g/mol. The summed E-state index contributed by atoms with van der Waals surface area (Å²) >= 11 is 0. The Bertz CT molecular complexity index is 767. The quantitative estimate of drug-likeness (QED) is 0.678. The lowest BCUT2D eigenvalue weighted by atomic mass is 10.0. The van der Waals surface area contributed by atoms with Gasteiger partial charge in [0, 0.05) is 18.2 Å². The largest absolute Gasteiger partial charge is 0.481 e. The van der Waals surface area contributed by atoms with Crippen LogP contribution in [0.1, 0.15) is 24.0 Å². The van der Waals surface area contributed by atoms with E-state index in [1.165, 1.54) is 0 Å². The molecule has 0 aliphatic carbocycles. The van der Waals surface area contributed by atoms with Crippen LogP contribution in [-0.2, 0) is 17.6 Å². The summed E-state index contributed by atoms with van der Waals surface area (Å²) in [4.78, 5) is 23.1. The van der Waals surface area contributed by atoms with Crippen molar-refractivity contribution in [3.05, 3.63) is 65.7 Å². The van der Waals surface area contributed by atoms with Gasteiger partial charge in [-0.05, 0) is 36.1 Å². The molecule has 6 nitrogen and oxygen atoms in total. The molecule has 0 aliphatic heterocycles. The molecule has 0 saturated carbocycles. The molecular weight excluding hydrogens is 330 g/mol. The minimum Gasteiger partial charge on any atom is -0.481 e. The van der Waals surface area contributed by atoms with E-state index in [1.807, 2.05) is 30.3 Å². The topological polar surface area (TPSA) is 102 Å². The molecular formula is C20H21N3O3. The van der Waals surface area contributed by atoms with E-state index in [4.69, 9.17) is 10.4 Å². The number of amides is 2. The van der Waals surface area contributed by atoms with Crippen molar-refractivity contribution in [2.24, 2.45) is 0 Å². The predicted octanol–water partition coefficient (Wildman–Crippen LogP) is 3.35. The number of nitriles is 1. The Labute approximate surface area is 152 Å². The van der Waals surface area contributed by atoms with Crippen LogP contribution in [0, 0.1) is 11.3 Å². The number of hydrogen-bond acceptors (Lipinski definition) is 3. The number of nitrogens with one attached hydrogen (secondary N) is 2. The van der Waals surface area contributed by atoms with Crippen molar-refractivity contribution in [2.45, 2.75) is 31.7 Å². The first kappa shape index (κ1) is 19.0. The van der Waals surface area contributed by atoms with Gasteiger partial charge in [0.25, 0.3) is 0 Å². The summed E-state index contributed by atoms with van der Waals surface area (Å²) in [5.74, 6) is -0.890. The molecule has 0 fully saturated rings. The number of rotatable bonds is 8. The zero-order chi connectivity index (χ0) is 18.8. The second-order valence-corrected chi connectivity index (χ2v) is 5.95. The number of benzene rings is 2. The van der Waals surface area contributed by atoms with Crippen LogP contribution >= 0.6 is 0 Å².